The van der Waals surface area contributed by atoms with Gasteiger partial charge in [-0.3, -0.25) is 9.59 Å². The first-order valence-electron chi connectivity index (χ1n) is 17.4. The summed E-state index contributed by atoms with van der Waals surface area (Å²) in [7, 11) is -0.629. The van der Waals surface area contributed by atoms with Gasteiger partial charge in [-0.15, -0.1) is 0 Å². The predicted molar refractivity (Wildman–Crippen MR) is 180 cm³/mol. The monoisotopic (exact) mass is 677 g/mol. The van der Waals surface area contributed by atoms with Crippen molar-refractivity contribution >= 4 is 31.0 Å². The third-order valence-corrected chi connectivity index (χ3v) is 10.6. The highest BCUT2D eigenvalue weighted by atomic mass is 16.7. The van der Waals surface area contributed by atoms with E-state index in [2.05, 4.69) is 50.2 Å². The molecule has 2 bridgehead atoms. The molecule has 3 amide bonds. The van der Waals surface area contributed by atoms with Crippen molar-refractivity contribution in [3.63, 3.8) is 0 Å². The molecule has 5 fully saturated rings. The number of hydrazine groups is 1. The van der Waals surface area contributed by atoms with Gasteiger partial charge in [-0.25, -0.2) is 19.9 Å². The fourth-order valence-corrected chi connectivity index (χ4v) is 7.97. The number of hydrogen-bond acceptors (Lipinski definition) is 9. The van der Waals surface area contributed by atoms with Crippen molar-refractivity contribution in [3.8, 4) is 0 Å². The molecular formula is C32H56BN7O8. The zero-order valence-electron chi connectivity index (χ0n) is 29.9. The molecule has 5 N–H and O–H groups in total. The van der Waals surface area contributed by atoms with Crippen LogP contribution in [0, 0.1) is 39.2 Å². The standard InChI is InChI=1S/C32H56BN7O8/c1-19(2)15-25(33-47-24-17-21-16-23(31(21,6)7)32(24,8)48-33)37-27(42)22(12-9-13-35-28(34)38-40(44)45)36-26(41)20-11-10-14-39(18-20)29(43)46-30(3,4)5/h19-25H,9-18H2,1-8H3,(H,36,41)(H,37,42)(H3,34,35,38)/t20-,21-,22-,23-,24+,25-,32-/m0/s1. The maximum Gasteiger partial charge on any atom is 0.481 e. The van der Waals surface area contributed by atoms with E-state index in [1.165, 1.54) is 4.90 Å². The van der Waals surface area contributed by atoms with E-state index < -0.39 is 47.3 Å². The molecule has 2 aliphatic heterocycles. The Hall–Kier alpha value is -3.14. The summed E-state index contributed by atoms with van der Waals surface area (Å²) in [6, 6.07) is -0.935. The number of rotatable bonds is 12. The lowest BCUT2D eigenvalue weighted by Crippen LogP contribution is -2.65. The number of aliphatic imine (C=N–C) groups is 1. The van der Waals surface area contributed by atoms with Gasteiger partial charge in [0, 0.05) is 19.6 Å². The highest BCUT2D eigenvalue weighted by Crippen LogP contribution is 2.65. The first-order valence-corrected chi connectivity index (χ1v) is 17.4. The number of guanidine groups is 1. The molecule has 2 heterocycles. The van der Waals surface area contributed by atoms with Gasteiger partial charge in [-0.05, 0) is 95.8 Å². The van der Waals surface area contributed by atoms with Crippen molar-refractivity contribution in [1.82, 2.24) is 21.0 Å². The minimum atomic E-state index is -0.935. The van der Waals surface area contributed by atoms with Gasteiger partial charge < -0.3 is 35.3 Å². The zero-order valence-corrected chi connectivity index (χ0v) is 29.9. The van der Waals surface area contributed by atoms with E-state index in [0.29, 0.717) is 44.1 Å². The maximum atomic E-state index is 14.0. The molecular weight excluding hydrogens is 621 g/mol. The van der Waals surface area contributed by atoms with E-state index in [4.69, 9.17) is 19.8 Å². The minimum Gasteiger partial charge on any atom is -0.444 e. The fourth-order valence-electron chi connectivity index (χ4n) is 7.97. The highest BCUT2D eigenvalue weighted by Gasteiger charge is 2.68. The van der Waals surface area contributed by atoms with Gasteiger partial charge in [0.25, 0.3) is 5.96 Å². The van der Waals surface area contributed by atoms with Crippen LogP contribution in [-0.4, -0.2) is 89.8 Å². The summed E-state index contributed by atoms with van der Waals surface area (Å²) in [5.41, 5.74) is 6.43. The molecule has 0 spiro atoms. The van der Waals surface area contributed by atoms with Crippen LogP contribution in [0.4, 0.5) is 4.79 Å². The summed E-state index contributed by atoms with van der Waals surface area (Å²) in [5.74, 6) is -0.859. The number of amides is 3. The van der Waals surface area contributed by atoms with Crippen molar-refractivity contribution in [1.29, 1.82) is 0 Å². The SMILES string of the molecule is CC(C)C[C@H](NC(=O)[C@H](CCCN=C(N)N[N+](=O)[O-])NC(=O)[C@H]1CCCN(C(=O)OC(C)(C)C)C1)B1O[C@@H]2C[C@@H]3C[C@@H](C3(C)C)[C@]2(C)O1. The second-order valence-electron chi connectivity index (χ2n) is 16.2. The van der Waals surface area contributed by atoms with Crippen LogP contribution in [0.15, 0.2) is 4.99 Å². The van der Waals surface area contributed by atoms with E-state index in [9.17, 15) is 24.5 Å². The first-order chi connectivity index (χ1) is 22.3. The zero-order chi connectivity index (χ0) is 35.6. The summed E-state index contributed by atoms with van der Waals surface area (Å²) in [6.45, 7) is 17.0. The van der Waals surface area contributed by atoms with Crippen LogP contribution in [0.25, 0.3) is 0 Å². The molecule has 0 radical (unpaired) electrons. The topological polar surface area (TPSA) is 200 Å². The van der Waals surface area contributed by atoms with Gasteiger partial charge in [-0.2, -0.15) is 0 Å². The van der Waals surface area contributed by atoms with Gasteiger partial charge in [-0.1, -0.05) is 33.1 Å². The predicted octanol–water partition coefficient (Wildman–Crippen LogP) is 2.79. The fraction of sp³-hybridized carbons (Fsp3) is 0.875. The molecule has 7 atom stereocenters. The number of nitrogens with zero attached hydrogens (tertiary/aromatic N) is 3. The van der Waals surface area contributed by atoms with Gasteiger partial charge >= 0.3 is 13.2 Å². The average molecular weight is 678 g/mol. The largest absolute Gasteiger partial charge is 0.481 e. The summed E-state index contributed by atoms with van der Waals surface area (Å²) >= 11 is 0. The Labute approximate surface area is 284 Å². The van der Waals surface area contributed by atoms with Gasteiger partial charge in [0.2, 0.25) is 11.8 Å². The number of piperidine rings is 1. The van der Waals surface area contributed by atoms with Gasteiger partial charge in [0.15, 0.2) is 5.03 Å². The number of likely N-dealkylation sites (tertiary alicyclic amines) is 1. The number of hydrogen-bond donors (Lipinski definition) is 4. The van der Waals surface area contributed by atoms with Gasteiger partial charge in [0.05, 0.1) is 23.6 Å². The molecule has 0 aromatic heterocycles. The Kier molecular flexibility index (Phi) is 11.6. The number of carbonyl (C=O) groups is 3. The second-order valence-corrected chi connectivity index (χ2v) is 16.2. The first kappa shape index (κ1) is 37.7. The van der Waals surface area contributed by atoms with E-state index in [-0.39, 0.29) is 54.7 Å². The summed E-state index contributed by atoms with van der Waals surface area (Å²) < 4.78 is 18.8. The smallest absolute Gasteiger partial charge is 0.444 e. The molecule has 3 saturated carbocycles. The molecule has 16 heteroatoms. The number of nitrogens with two attached hydrogens (primary N) is 1. The van der Waals surface area contributed by atoms with Crippen LogP contribution >= 0.6 is 0 Å². The molecule has 0 aromatic rings. The van der Waals surface area contributed by atoms with Gasteiger partial charge in [0.1, 0.15) is 11.6 Å². The average Bonchev–Trinajstić information content (AvgIpc) is 3.34. The second kappa shape index (κ2) is 14.8. The molecule has 270 valence electrons. The highest BCUT2D eigenvalue weighted by molar-refractivity contribution is 6.48. The maximum absolute atomic E-state index is 14.0. The molecule has 0 unspecified atom stereocenters. The van der Waals surface area contributed by atoms with E-state index in [1.54, 1.807) is 26.2 Å². The van der Waals surface area contributed by atoms with E-state index >= 15 is 0 Å². The van der Waals surface area contributed by atoms with Crippen LogP contribution in [0.2, 0.25) is 0 Å². The lowest BCUT2D eigenvalue weighted by atomic mass is 9.43. The van der Waals surface area contributed by atoms with E-state index in [0.717, 1.165) is 12.8 Å². The summed E-state index contributed by atoms with van der Waals surface area (Å²) in [6.07, 6.45) is 3.83. The third-order valence-electron chi connectivity index (χ3n) is 10.6. The number of nitrogens with one attached hydrogen (secondary N) is 3. The van der Waals surface area contributed by atoms with Crippen LogP contribution in [0.3, 0.4) is 0 Å². The Bertz CT molecular complexity index is 1240. The number of nitro groups is 1. The molecule has 48 heavy (non-hydrogen) atoms. The lowest BCUT2D eigenvalue weighted by Gasteiger charge is -2.64. The number of ether oxygens (including phenoxy) is 1. The van der Waals surface area contributed by atoms with Crippen molar-refractivity contribution in [2.75, 3.05) is 19.6 Å². The van der Waals surface area contributed by atoms with E-state index in [1.807, 2.05) is 0 Å². The third kappa shape index (κ3) is 8.90. The lowest BCUT2D eigenvalue weighted by molar-refractivity contribution is -0.525. The van der Waals surface area contributed by atoms with Crippen LogP contribution < -0.4 is 21.8 Å². The minimum absolute atomic E-state index is 0.0448. The molecule has 5 rings (SSSR count). The van der Waals surface area contributed by atoms with Crippen LogP contribution in [-0.2, 0) is 23.6 Å². The molecule has 2 saturated heterocycles. The summed E-state index contributed by atoms with van der Waals surface area (Å²) in [5, 5.41) is 15.9. The van der Waals surface area contributed by atoms with Crippen molar-refractivity contribution in [2.24, 2.45) is 39.8 Å². The molecule has 3 aliphatic carbocycles. The Balaban J connectivity index is 1.46. The molecule has 5 aliphatic rings. The molecule has 0 aromatic carbocycles. The van der Waals surface area contributed by atoms with Crippen molar-refractivity contribution in [2.45, 2.75) is 130 Å². The Morgan fingerprint density at radius 1 is 1.19 bits per heavy atom. The number of carbonyl (C=O) groups excluding carboxylic acids is 3. The Morgan fingerprint density at radius 3 is 2.52 bits per heavy atom. The Morgan fingerprint density at radius 2 is 1.90 bits per heavy atom. The van der Waals surface area contributed by atoms with Crippen molar-refractivity contribution in [3.05, 3.63) is 10.1 Å². The quantitative estimate of drug-likeness (QED) is 0.0595. The molecule has 15 nitrogen and oxygen atoms in total. The van der Waals surface area contributed by atoms with Crippen molar-refractivity contribution < 1.29 is 33.5 Å². The van der Waals surface area contributed by atoms with Crippen LogP contribution in [0.5, 0.6) is 0 Å². The normalized spacial score (nSPS) is 29.3. The summed E-state index contributed by atoms with van der Waals surface area (Å²) in [4.78, 5) is 56.5. The van der Waals surface area contributed by atoms with Crippen LogP contribution in [0.1, 0.15) is 100 Å².